The summed E-state index contributed by atoms with van der Waals surface area (Å²) < 4.78 is 30.3. The zero-order valence-electron chi connectivity index (χ0n) is 19.8. The van der Waals surface area contributed by atoms with Gasteiger partial charge in [0.25, 0.3) is 0 Å². The van der Waals surface area contributed by atoms with Gasteiger partial charge in [-0.2, -0.15) is 0 Å². The van der Waals surface area contributed by atoms with E-state index >= 15 is 0 Å². The molecule has 0 unspecified atom stereocenters. The fourth-order valence-electron chi connectivity index (χ4n) is 4.85. The highest BCUT2D eigenvalue weighted by Crippen LogP contribution is 2.47. The van der Waals surface area contributed by atoms with E-state index in [1.54, 1.807) is 26.2 Å². The summed E-state index contributed by atoms with van der Waals surface area (Å²) in [7, 11) is 3.14. The Balaban J connectivity index is 1.78. The molecule has 1 aliphatic carbocycles. The fraction of sp³-hybridized carbons (Fsp3) is 0.333. The van der Waals surface area contributed by atoms with Crippen LogP contribution in [0.2, 0.25) is 0 Å². The zero-order valence-corrected chi connectivity index (χ0v) is 21.4. The summed E-state index contributed by atoms with van der Waals surface area (Å²) in [5, 5.41) is 3.31. The molecule has 2 aromatic carbocycles. The number of ketones is 1. The second kappa shape index (κ2) is 10.7. The van der Waals surface area contributed by atoms with Crippen molar-refractivity contribution in [1.82, 2.24) is 5.32 Å². The Kier molecular flexibility index (Phi) is 7.72. The van der Waals surface area contributed by atoms with Crippen LogP contribution in [0.3, 0.4) is 0 Å². The minimum atomic E-state index is -0.677. The molecule has 0 aromatic heterocycles. The van der Waals surface area contributed by atoms with Crippen LogP contribution < -0.4 is 10.1 Å². The number of nitrogens with one attached hydrogen (secondary N) is 1. The number of methoxy groups -OCH3 is 2. The molecule has 2 atom stereocenters. The topological polar surface area (TPSA) is 73.9 Å². The highest BCUT2D eigenvalue weighted by atomic mass is 79.9. The molecule has 184 valence electrons. The second-order valence-electron chi connectivity index (χ2n) is 8.56. The number of carbonyl (C=O) groups excluding carboxylic acids is 2. The van der Waals surface area contributed by atoms with Gasteiger partial charge in [-0.1, -0.05) is 24.3 Å². The summed E-state index contributed by atoms with van der Waals surface area (Å²) in [6.45, 7) is 2.13. The van der Waals surface area contributed by atoms with Crippen molar-refractivity contribution in [3.63, 3.8) is 0 Å². The van der Waals surface area contributed by atoms with Gasteiger partial charge in [0, 0.05) is 42.3 Å². The van der Waals surface area contributed by atoms with Crippen molar-refractivity contribution in [2.24, 2.45) is 0 Å². The first-order chi connectivity index (χ1) is 16.8. The molecule has 35 heavy (non-hydrogen) atoms. The van der Waals surface area contributed by atoms with Gasteiger partial charge in [-0.05, 0) is 58.6 Å². The van der Waals surface area contributed by atoms with Crippen molar-refractivity contribution in [2.45, 2.75) is 31.6 Å². The molecule has 0 saturated carbocycles. The molecule has 4 rings (SSSR count). The summed E-state index contributed by atoms with van der Waals surface area (Å²) in [6.07, 6.45) is 0.842. The van der Waals surface area contributed by atoms with Crippen molar-refractivity contribution in [3.05, 3.63) is 86.4 Å². The molecule has 2 aliphatic rings. The lowest BCUT2D eigenvalue weighted by molar-refractivity contribution is -0.140. The van der Waals surface area contributed by atoms with E-state index in [1.807, 2.05) is 24.3 Å². The number of carbonyl (C=O) groups is 2. The van der Waals surface area contributed by atoms with Crippen molar-refractivity contribution in [1.29, 1.82) is 0 Å². The molecule has 0 bridgehead atoms. The Bertz CT molecular complexity index is 1220. The quantitative estimate of drug-likeness (QED) is 0.384. The monoisotopic (exact) mass is 543 g/mol. The molecule has 0 saturated heterocycles. The molecule has 0 amide bonds. The first kappa shape index (κ1) is 25.1. The molecular formula is C27H27BrFNO5. The van der Waals surface area contributed by atoms with Crippen molar-refractivity contribution < 1.29 is 28.2 Å². The molecule has 0 spiro atoms. The van der Waals surface area contributed by atoms with Crippen LogP contribution in [0.1, 0.15) is 42.7 Å². The number of hydrogen-bond acceptors (Lipinski definition) is 6. The summed E-state index contributed by atoms with van der Waals surface area (Å²) in [6, 6.07) is 12.2. The Morgan fingerprint density at radius 3 is 2.63 bits per heavy atom. The van der Waals surface area contributed by atoms with Gasteiger partial charge in [0.1, 0.15) is 18.2 Å². The van der Waals surface area contributed by atoms with E-state index in [2.05, 4.69) is 21.2 Å². The SMILES string of the molecule is COCCOC(=O)C1=C(C)NC2=C(C(=O)C[C@@H](c3ccccc3OC)C2)[C@@H]1c1ccc(F)c(Br)c1. The van der Waals surface area contributed by atoms with Gasteiger partial charge < -0.3 is 19.5 Å². The number of halogens is 2. The summed E-state index contributed by atoms with van der Waals surface area (Å²) >= 11 is 3.24. The van der Waals surface area contributed by atoms with Crippen LogP contribution in [0.4, 0.5) is 4.39 Å². The minimum absolute atomic E-state index is 0.0743. The third kappa shape index (κ3) is 5.04. The Hall–Kier alpha value is -2.97. The number of ether oxygens (including phenoxy) is 3. The van der Waals surface area contributed by atoms with Crippen LogP contribution in [-0.4, -0.2) is 39.2 Å². The van der Waals surface area contributed by atoms with Gasteiger partial charge in [-0.15, -0.1) is 0 Å². The number of allylic oxidation sites excluding steroid dienone is 3. The largest absolute Gasteiger partial charge is 0.496 e. The first-order valence-electron chi connectivity index (χ1n) is 11.3. The van der Waals surface area contributed by atoms with E-state index in [4.69, 9.17) is 14.2 Å². The van der Waals surface area contributed by atoms with Gasteiger partial charge >= 0.3 is 5.97 Å². The lowest BCUT2D eigenvalue weighted by Crippen LogP contribution is -2.36. The number of benzene rings is 2. The molecule has 0 radical (unpaired) electrons. The van der Waals surface area contributed by atoms with Crippen LogP contribution >= 0.6 is 15.9 Å². The van der Waals surface area contributed by atoms with Crippen LogP contribution in [0.15, 0.2) is 69.5 Å². The third-order valence-electron chi connectivity index (χ3n) is 6.42. The third-order valence-corrected chi connectivity index (χ3v) is 7.03. The summed E-state index contributed by atoms with van der Waals surface area (Å²) in [5.41, 5.74) is 3.80. The molecule has 1 N–H and O–H groups in total. The maximum Gasteiger partial charge on any atom is 0.336 e. The maximum absolute atomic E-state index is 14.1. The lowest BCUT2D eigenvalue weighted by atomic mass is 9.71. The number of rotatable bonds is 7. The lowest BCUT2D eigenvalue weighted by Gasteiger charge is -2.37. The van der Waals surface area contributed by atoms with E-state index in [-0.39, 0.29) is 35.8 Å². The molecule has 6 nitrogen and oxygen atoms in total. The summed E-state index contributed by atoms with van der Waals surface area (Å²) in [4.78, 5) is 26.8. The normalized spacial score (nSPS) is 19.9. The predicted octanol–water partition coefficient (Wildman–Crippen LogP) is 5.15. The van der Waals surface area contributed by atoms with E-state index in [0.29, 0.717) is 28.8 Å². The fourth-order valence-corrected chi connectivity index (χ4v) is 5.25. The first-order valence-corrected chi connectivity index (χ1v) is 12.1. The summed E-state index contributed by atoms with van der Waals surface area (Å²) in [5.74, 6) is -1.05. The zero-order chi connectivity index (χ0) is 25.1. The smallest absolute Gasteiger partial charge is 0.336 e. The van der Waals surface area contributed by atoms with Crippen LogP contribution in [0.25, 0.3) is 0 Å². The minimum Gasteiger partial charge on any atom is -0.496 e. The number of para-hydroxylation sites is 1. The van der Waals surface area contributed by atoms with E-state index in [9.17, 15) is 14.0 Å². The van der Waals surface area contributed by atoms with Gasteiger partial charge in [0.05, 0.1) is 23.8 Å². The number of dihydropyridines is 1. The Morgan fingerprint density at radius 1 is 1.14 bits per heavy atom. The van der Waals surface area contributed by atoms with Gasteiger partial charge in [-0.3, -0.25) is 4.79 Å². The average Bonchev–Trinajstić information content (AvgIpc) is 2.84. The number of Topliss-reactive ketones (excluding diaryl/α,β-unsaturated/α-hetero) is 1. The highest BCUT2D eigenvalue weighted by molar-refractivity contribution is 9.10. The van der Waals surface area contributed by atoms with E-state index in [1.165, 1.54) is 13.2 Å². The van der Waals surface area contributed by atoms with Gasteiger partial charge in [0.2, 0.25) is 0 Å². The number of hydrogen-bond donors (Lipinski definition) is 1. The van der Waals surface area contributed by atoms with E-state index in [0.717, 1.165) is 17.0 Å². The van der Waals surface area contributed by atoms with Crippen LogP contribution in [0.5, 0.6) is 5.75 Å². The maximum atomic E-state index is 14.1. The standard InChI is InChI=1S/C27H27BrFNO5/c1-15-24(27(32)35-11-10-33-2)25(16-8-9-20(29)19(28)12-16)26-21(30-15)13-17(14-22(26)31)18-6-4-5-7-23(18)34-3/h4-9,12,17,25,30H,10-11,13-14H2,1-3H3/t17-,25+/m0/s1. The molecule has 0 fully saturated rings. The van der Waals surface area contributed by atoms with Crippen LogP contribution in [-0.2, 0) is 19.1 Å². The average molecular weight is 544 g/mol. The van der Waals surface area contributed by atoms with Gasteiger partial charge in [-0.25, -0.2) is 9.18 Å². The number of esters is 1. The second-order valence-corrected chi connectivity index (χ2v) is 9.42. The molecule has 1 aliphatic heterocycles. The van der Waals surface area contributed by atoms with Crippen LogP contribution in [0, 0.1) is 5.82 Å². The highest BCUT2D eigenvalue weighted by Gasteiger charge is 2.42. The molecule has 2 aromatic rings. The molecular weight excluding hydrogens is 517 g/mol. The van der Waals surface area contributed by atoms with E-state index < -0.39 is 17.7 Å². The van der Waals surface area contributed by atoms with Gasteiger partial charge in [0.15, 0.2) is 5.78 Å². The van der Waals surface area contributed by atoms with Crippen molar-refractivity contribution in [2.75, 3.05) is 27.4 Å². The molecule has 8 heteroatoms. The van der Waals surface area contributed by atoms with Crippen molar-refractivity contribution in [3.8, 4) is 5.75 Å². The Labute approximate surface area is 212 Å². The Morgan fingerprint density at radius 2 is 1.91 bits per heavy atom. The predicted molar refractivity (Wildman–Crippen MR) is 133 cm³/mol. The molecule has 1 heterocycles. The van der Waals surface area contributed by atoms with Crippen molar-refractivity contribution >= 4 is 27.7 Å².